The molecule has 1 fully saturated rings. The molecule has 6 nitrogen and oxygen atoms in total. The molecule has 2 aliphatic rings. The van der Waals surface area contributed by atoms with E-state index < -0.39 is 5.54 Å². The largest absolute Gasteiger partial charge is 0.385 e. The maximum atomic E-state index is 13.7. The lowest BCUT2D eigenvalue weighted by Crippen LogP contribution is -2.66. The molecule has 1 aliphatic heterocycles. The summed E-state index contributed by atoms with van der Waals surface area (Å²) in [6, 6.07) is 4.25. The van der Waals surface area contributed by atoms with Crippen molar-refractivity contribution in [2.24, 2.45) is 0 Å². The van der Waals surface area contributed by atoms with E-state index in [-0.39, 0.29) is 17.9 Å². The number of carbonyl (C=O) groups is 2. The zero-order valence-electron chi connectivity index (χ0n) is 17.4. The van der Waals surface area contributed by atoms with Gasteiger partial charge in [0.05, 0.1) is 16.8 Å². The smallest absolute Gasteiger partial charge is 0.271 e. The lowest BCUT2D eigenvalue weighted by atomic mass is 9.87. The molecule has 0 aromatic carbocycles. The van der Waals surface area contributed by atoms with Crippen LogP contribution in [-0.2, 0) is 16.1 Å². The molecule has 7 heteroatoms. The zero-order chi connectivity index (χ0) is 20.4. The Morgan fingerprint density at radius 2 is 2.14 bits per heavy atom. The van der Waals surface area contributed by atoms with Gasteiger partial charge in [-0.05, 0) is 43.2 Å². The summed E-state index contributed by atoms with van der Waals surface area (Å²) in [7, 11) is 1.67. The third-order valence-corrected chi connectivity index (χ3v) is 7.45. The highest BCUT2D eigenvalue weighted by molar-refractivity contribution is 7.17. The molecule has 1 atom stereocenters. The minimum Gasteiger partial charge on any atom is -0.385 e. The Morgan fingerprint density at radius 1 is 1.34 bits per heavy atom. The van der Waals surface area contributed by atoms with Crippen LogP contribution < -0.4 is 5.32 Å². The molecule has 0 radical (unpaired) electrons. The van der Waals surface area contributed by atoms with Gasteiger partial charge < -0.3 is 19.5 Å². The normalized spacial score (nSPS) is 22.8. The molecule has 0 spiro atoms. The van der Waals surface area contributed by atoms with Gasteiger partial charge in [0.1, 0.15) is 11.2 Å². The van der Waals surface area contributed by atoms with Crippen LogP contribution in [0.2, 0.25) is 0 Å². The Labute approximate surface area is 176 Å². The summed E-state index contributed by atoms with van der Waals surface area (Å²) in [5.41, 5.74) is 0.889. The lowest BCUT2D eigenvalue weighted by Gasteiger charge is -2.46. The van der Waals surface area contributed by atoms with Crippen molar-refractivity contribution in [1.29, 1.82) is 0 Å². The van der Waals surface area contributed by atoms with Gasteiger partial charge in [-0.25, -0.2) is 0 Å². The van der Waals surface area contributed by atoms with Crippen molar-refractivity contribution >= 4 is 33.4 Å². The molecule has 0 bridgehead atoms. The monoisotopic (exact) mass is 417 g/mol. The molecule has 1 unspecified atom stereocenters. The third kappa shape index (κ3) is 3.59. The van der Waals surface area contributed by atoms with Crippen molar-refractivity contribution in [3.63, 3.8) is 0 Å². The molecule has 3 heterocycles. The maximum Gasteiger partial charge on any atom is 0.271 e. The Bertz CT molecular complexity index is 883. The summed E-state index contributed by atoms with van der Waals surface area (Å²) >= 11 is 1.64. The first kappa shape index (κ1) is 20.4. The molecule has 1 saturated carbocycles. The van der Waals surface area contributed by atoms with E-state index in [4.69, 9.17) is 4.74 Å². The predicted octanol–water partition coefficient (Wildman–Crippen LogP) is 3.79. The number of nitrogens with one attached hydrogen (secondary N) is 1. The quantitative estimate of drug-likeness (QED) is 0.697. The van der Waals surface area contributed by atoms with Gasteiger partial charge in [-0.15, -0.1) is 11.3 Å². The molecule has 158 valence electrons. The summed E-state index contributed by atoms with van der Waals surface area (Å²) in [6.07, 6.45) is 6.95. The molecule has 1 aliphatic carbocycles. The molecule has 2 aromatic heterocycles. The fourth-order valence-electron chi connectivity index (χ4n) is 4.91. The van der Waals surface area contributed by atoms with E-state index in [1.165, 1.54) is 6.42 Å². The minimum absolute atomic E-state index is 0.000367. The number of carbonyl (C=O) groups excluding carboxylic acids is 2. The summed E-state index contributed by atoms with van der Waals surface area (Å²) in [6.45, 7) is 3.63. The van der Waals surface area contributed by atoms with Crippen LogP contribution in [0.5, 0.6) is 0 Å². The number of rotatable bonds is 7. The Balaban J connectivity index is 1.70. The van der Waals surface area contributed by atoms with Crippen LogP contribution in [0.3, 0.4) is 0 Å². The summed E-state index contributed by atoms with van der Waals surface area (Å²) < 4.78 is 8.38. The first-order chi connectivity index (χ1) is 14.1. The van der Waals surface area contributed by atoms with Crippen molar-refractivity contribution in [2.45, 2.75) is 70.0 Å². The number of thiophene rings is 1. The van der Waals surface area contributed by atoms with E-state index in [0.717, 1.165) is 42.3 Å². The average molecular weight is 418 g/mol. The van der Waals surface area contributed by atoms with Crippen molar-refractivity contribution in [2.75, 3.05) is 20.3 Å². The van der Waals surface area contributed by atoms with Crippen LogP contribution in [0, 0.1) is 0 Å². The number of nitrogens with zero attached hydrogens (tertiary/aromatic N) is 2. The van der Waals surface area contributed by atoms with Gasteiger partial charge in [0.2, 0.25) is 5.91 Å². The van der Waals surface area contributed by atoms with Gasteiger partial charge in [0.25, 0.3) is 5.91 Å². The summed E-state index contributed by atoms with van der Waals surface area (Å²) in [4.78, 5) is 29.0. The molecule has 2 aromatic rings. The lowest BCUT2D eigenvalue weighted by molar-refractivity contribution is -0.135. The van der Waals surface area contributed by atoms with Crippen LogP contribution in [0.15, 0.2) is 17.5 Å². The maximum absolute atomic E-state index is 13.7. The Hall–Kier alpha value is -1.86. The van der Waals surface area contributed by atoms with Crippen LogP contribution in [0.4, 0.5) is 0 Å². The third-order valence-electron chi connectivity index (χ3n) is 6.60. The van der Waals surface area contributed by atoms with Gasteiger partial charge in [0, 0.05) is 26.3 Å². The van der Waals surface area contributed by atoms with E-state index in [2.05, 4.69) is 16.0 Å². The van der Waals surface area contributed by atoms with Gasteiger partial charge in [-0.2, -0.15) is 0 Å². The van der Waals surface area contributed by atoms with E-state index in [9.17, 15) is 9.59 Å². The molecule has 2 amide bonds. The Morgan fingerprint density at radius 3 is 2.86 bits per heavy atom. The van der Waals surface area contributed by atoms with Gasteiger partial charge in [0.15, 0.2) is 0 Å². The standard InChI is InChI=1S/C22H31N3O3S/c1-3-22(21(27)23-16-8-5-4-6-9-16)15-24-17-10-13-29-19(17)14-18(24)20(26)25(22)11-7-12-28-2/h10,13-14,16H,3-9,11-12,15H2,1-2H3,(H,23,27). The van der Waals surface area contributed by atoms with E-state index in [0.29, 0.717) is 31.8 Å². The predicted molar refractivity (Wildman–Crippen MR) is 115 cm³/mol. The number of fused-ring (bicyclic) bond motifs is 3. The second-order valence-electron chi connectivity index (χ2n) is 8.28. The van der Waals surface area contributed by atoms with Gasteiger partial charge in [-0.3, -0.25) is 9.59 Å². The molecular formula is C22H31N3O3S. The number of amides is 2. The molecule has 0 saturated heterocycles. The SMILES string of the molecule is CCC1(C(=O)NC2CCCCC2)Cn2c(cc3sccc32)C(=O)N1CCCOC. The second-order valence-corrected chi connectivity index (χ2v) is 9.23. The fraction of sp³-hybridized carbons (Fsp3) is 0.636. The zero-order valence-corrected chi connectivity index (χ0v) is 18.2. The topological polar surface area (TPSA) is 63.6 Å². The van der Waals surface area contributed by atoms with Crippen LogP contribution >= 0.6 is 11.3 Å². The van der Waals surface area contributed by atoms with Crippen LogP contribution in [0.1, 0.15) is 62.4 Å². The number of aromatic nitrogens is 1. The average Bonchev–Trinajstić information content (AvgIpc) is 3.32. The van der Waals surface area contributed by atoms with E-state index in [1.807, 2.05) is 23.3 Å². The van der Waals surface area contributed by atoms with Crippen molar-refractivity contribution in [3.8, 4) is 0 Å². The highest BCUT2D eigenvalue weighted by Crippen LogP contribution is 2.36. The minimum atomic E-state index is -0.858. The fourth-order valence-corrected chi connectivity index (χ4v) is 5.73. The highest BCUT2D eigenvalue weighted by Gasteiger charge is 2.50. The van der Waals surface area contributed by atoms with E-state index in [1.54, 1.807) is 18.4 Å². The van der Waals surface area contributed by atoms with Crippen molar-refractivity contribution in [1.82, 2.24) is 14.8 Å². The molecular weight excluding hydrogens is 386 g/mol. The summed E-state index contributed by atoms with van der Waals surface area (Å²) in [5, 5.41) is 5.36. The van der Waals surface area contributed by atoms with Crippen LogP contribution in [0.25, 0.3) is 10.2 Å². The number of methoxy groups -OCH3 is 1. The number of ether oxygens (including phenoxy) is 1. The number of hydrogen-bond donors (Lipinski definition) is 1. The van der Waals surface area contributed by atoms with Crippen molar-refractivity contribution in [3.05, 3.63) is 23.2 Å². The van der Waals surface area contributed by atoms with Crippen LogP contribution in [-0.4, -0.2) is 53.1 Å². The van der Waals surface area contributed by atoms with E-state index >= 15 is 0 Å². The Kier molecular flexibility index (Phi) is 5.97. The highest BCUT2D eigenvalue weighted by atomic mass is 32.1. The van der Waals surface area contributed by atoms with Gasteiger partial charge in [-0.1, -0.05) is 26.2 Å². The first-order valence-corrected chi connectivity index (χ1v) is 11.7. The molecule has 4 rings (SSSR count). The second kappa shape index (κ2) is 8.48. The van der Waals surface area contributed by atoms with Gasteiger partial charge >= 0.3 is 0 Å². The molecule has 1 N–H and O–H groups in total. The molecule has 29 heavy (non-hydrogen) atoms. The summed E-state index contributed by atoms with van der Waals surface area (Å²) in [5.74, 6) is -0.0446. The number of hydrogen-bond acceptors (Lipinski definition) is 4. The van der Waals surface area contributed by atoms with Crippen molar-refractivity contribution < 1.29 is 14.3 Å². The first-order valence-electron chi connectivity index (χ1n) is 10.8.